The van der Waals surface area contributed by atoms with Gasteiger partial charge in [-0.1, -0.05) is 13.8 Å². The molecular weight excluding hydrogens is 367 g/mol. The number of aliphatic imine (C=N–C) groups is 1. The molecule has 3 aliphatic heterocycles. The molecule has 8 atom stereocenters. The topological polar surface area (TPSA) is 85.6 Å². The van der Waals surface area contributed by atoms with Crippen molar-refractivity contribution in [1.82, 2.24) is 10.2 Å². The van der Waals surface area contributed by atoms with Crippen LogP contribution in [0.15, 0.2) is 4.99 Å². The molecule has 8 heteroatoms. The zero-order valence-electron chi connectivity index (χ0n) is 16.7. The number of sulfone groups is 1. The number of nitrogens with one attached hydrogen (secondary N) is 2. The van der Waals surface area contributed by atoms with Crippen LogP contribution in [0.25, 0.3) is 0 Å². The van der Waals surface area contributed by atoms with Gasteiger partial charge in [0.25, 0.3) is 0 Å². The number of rotatable bonds is 6. The monoisotopic (exact) mass is 400 g/mol. The lowest BCUT2D eigenvalue weighted by Gasteiger charge is -2.42. The van der Waals surface area contributed by atoms with Crippen LogP contribution in [0, 0.1) is 23.2 Å². The van der Waals surface area contributed by atoms with E-state index in [0.29, 0.717) is 25.0 Å². The second-order valence-corrected chi connectivity index (χ2v) is 10.9. The van der Waals surface area contributed by atoms with Crippen molar-refractivity contribution in [2.75, 3.05) is 19.3 Å². The molecule has 154 valence electrons. The van der Waals surface area contributed by atoms with Crippen molar-refractivity contribution in [2.45, 2.75) is 69.7 Å². The lowest BCUT2D eigenvalue weighted by Crippen LogP contribution is -2.57. The van der Waals surface area contributed by atoms with Gasteiger partial charge in [0.2, 0.25) is 0 Å². The second-order valence-electron chi connectivity index (χ2n) is 8.72. The van der Waals surface area contributed by atoms with Crippen molar-refractivity contribution in [1.29, 1.82) is 5.41 Å². The van der Waals surface area contributed by atoms with E-state index in [1.807, 2.05) is 6.92 Å². The Morgan fingerprint density at radius 3 is 2.63 bits per heavy atom. The molecule has 0 bridgehead atoms. The number of likely N-dealkylation sites (tertiary alicyclic amines) is 1. The normalized spacial score (nSPS) is 38.1. The Morgan fingerprint density at radius 1 is 1.37 bits per heavy atom. The van der Waals surface area contributed by atoms with E-state index in [9.17, 15) is 12.8 Å². The number of hydrogen-bond donors (Lipinski definition) is 2. The molecule has 6 nitrogen and oxygen atoms in total. The molecule has 3 heterocycles. The molecule has 0 aromatic carbocycles. The molecule has 2 saturated heterocycles. The van der Waals surface area contributed by atoms with Crippen LogP contribution >= 0.6 is 0 Å². The van der Waals surface area contributed by atoms with Crippen molar-refractivity contribution in [2.24, 2.45) is 22.7 Å². The van der Waals surface area contributed by atoms with Crippen LogP contribution in [-0.4, -0.2) is 74.3 Å². The molecule has 2 fully saturated rings. The van der Waals surface area contributed by atoms with Crippen LogP contribution in [0.1, 0.15) is 40.0 Å². The highest BCUT2D eigenvalue weighted by Crippen LogP contribution is 2.37. The van der Waals surface area contributed by atoms with Crippen LogP contribution in [-0.2, 0) is 9.84 Å². The van der Waals surface area contributed by atoms with Crippen molar-refractivity contribution < 1.29 is 12.8 Å². The average molecular weight is 401 g/mol. The minimum absolute atomic E-state index is 0.226. The average Bonchev–Trinajstić information content (AvgIpc) is 3.15. The number of hydrogen-bond acceptors (Lipinski definition) is 6. The smallest absolute Gasteiger partial charge is 0.163 e. The first-order valence-electron chi connectivity index (χ1n) is 10.0. The number of fused-ring (bicyclic) bond motifs is 1. The standard InChI is InChI=1S/C19H33FN4O2S/c1-11-7-19(27(4,25)26)22-10-18(11)24-6-5-15-17(24)8-16(23-15)14(9-21)12(2)13(3)20/h9,11-15,17-19,21-22H,5-8,10H2,1-4H3. The minimum Gasteiger partial charge on any atom is -0.312 e. The molecule has 3 aliphatic rings. The van der Waals surface area contributed by atoms with E-state index in [4.69, 9.17) is 10.4 Å². The first kappa shape index (κ1) is 20.9. The van der Waals surface area contributed by atoms with Gasteiger partial charge in [0.15, 0.2) is 9.84 Å². The Kier molecular flexibility index (Phi) is 6.08. The quantitative estimate of drug-likeness (QED) is 0.667. The van der Waals surface area contributed by atoms with Crippen molar-refractivity contribution >= 4 is 21.8 Å². The zero-order valence-corrected chi connectivity index (χ0v) is 17.5. The molecule has 27 heavy (non-hydrogen) atoms. The molecule has 8 unspecified atom stereocenters. The van der Waals surface area contributed by atoms with Crippen LogP contribution in [0.5, 0.6) is 0 Å². The molecule has 2 N–H and O–H groups in total. The van der Waals surface area contributed by atoms with Crippen LogP contribution < -0.4 is 5.32 Å². The van der Waals surface area contributed by atoms with E-state index in [0.717, 1.165) is 25.1 Å². The predicted molar refractivity (Wildman–Crippen MR) is 107 cm³/mol. The summed E-state index contributed by atoms with van der Waals surface area (Å²) in [5.74, 6) is -0.176. The third kappa shape index (κ3) is 4.12. The summed E-state index contributed by atoms with van der Waals surface area (Å²) in [7, 11) is -3.08. The fraction of sp³-hybridized carbons (Fsp3) is 0.895. The van der Waals surface area contributed by atoms with Crippen molar-refractivity contribution in [3.8, 4) is 0 Å². The van der Waals surface area contributed by atoms with Gasteiger partial charge in [0.05, 0.1) is 6.04 Å². The van der Waals surface area contributed by atoms with Crippen LogP contribution in [0.3, 0.4) is 0 Å². The number of alkyl halides is 1. The van der Waals surface area contributed by atoms with Crippen molar-refractivity contribution in [3.63, 3.8) is 0 Å². The van der Waals surface area contributed by atoms with E-state index in [1.54, 1.807) is 6.92 Å². The Labute approximate surface area is 162 Å². The van der Waals surface area contributed by atoms with Gasteiger partial charge < -0.3 is 5.41 Å². The summed E-state index contributed by atoms with van der Waals surface area (Å²) in [5, 5.41) is 10.5. The minimum atomic E-state index is -3.08. The SMILES string of the molecule is CC(F)C(C)C(C=N)C1=NC2CCN(C3CNC(S(C)(=O)=O)CC3C)C2C1. The van der Waals surface area contributed by atoms with Gasteiger partial charge in [0.1, 0.15) is 11.5 Å². The van der Waals surface area contributed by atoms with Gasteiger partial charge >= 0.3 is 0 Å². The molecule has 0 aromatic heterocycles. The lowest BCUT2D eigenvalue weighted by atomic mass is 9.85. The molecule has 0 aliphatic carbocycles. The molecule has 0 aromatic rings. The van der Waals surface area contributed by atoms with Gasteiger partial charge in [0, 0.05) is 55.7 Å². The fourth-order valence-electron chi connectivity index (χ4n) is 5.02. The van der Waals surface area contributed by atoms with E-state index in [2.05, 4.69) is 17.1 Å². The highest BCUT2D eigenvalue weighted by molar-refractivity contribution is 7.91. The van der Waals surface area contributed by atoms with Crippen LogP contribution in [0.2, 0.25) is 0 Å². The van der Waals surface area contributed by atoms with Crippen LogP contribution in [0.4, 0.5) is 4.39 Å². The Morgan fingerprint density at radius 2 is 2.07 bits per heavy atom. The zero-order chi connectivity index (χ0) is 19.9. The summed E-state index contributed by atoms with van der Waals surface area (Å²) in [6.07, 6.45) is 4.09. The molecular formula is C19H33FN4O2S. The summed E-state index contributed by atoms with van der Waals surface area (Å²) in [5.41, 5.74) is 0.965. The largest absolute Gasteiger partial charge is 0.312 e. The van der Waals surface area contributed by atoms with Gasteiger partial charge in [-0.25, -0.2) is 12.8 Å². The first-order valence-corrected chi connectivity index (χ1v) is 12.0. The highest BCUT2D eigenvalue weighted by atomic mass is 32.2. The molecule has 0 saturated carbocycles. The summed E-state index contributed by atoms with van der Waals surface area (Å²) < 4.78 is 37.5. The van der Waals surface area contributed by atoms with Gasteiger partial charge in [-0.3, -0.25) is 15.2 Å². The summed E-state index contributed by atoms with van der Waals surface area (Å²) >= 11 is 0. The van der Waals surface area contributed by atoms with Gasteiger partial charge in [-0.15, -0.1) is 0 Å². The number of halogens is 1. The van der Waals surface area contributed by atoms with E-state index >= 15 is 0 Å². The Bertz CT molecular complexity index is 696. The van der Waals surface area contributed by atoms with Gasteiger partial charge in [-0.05, 0) is 31.6 Å². The maximum absolute atomic E-state index is 13.8. The molecule has 0 spiro atoms. The summed E-state index contributed by atoms with van der Waals surface area (Å²) in [6.45, 7) is 7.19. The maximum atomic E-state index is 13.8. The van der Waals surface area contributed by atoms with E-state index < -0.39 is 21.4 Å². The highest BCUT2D eigenvalue weighted by Gasteiger charge is 2.46. The number of nitrogens with zero attached hydrogens (tertiary/aromatic N) is 2. The fourth-order valence-corrected chi connectivity index (χ4v) is 6.07. The first-order chi connectivity index (χ1) is 12.6. The van der Waals surface area contributed by atoms with Gasteiger partial charge in [-0.2, -0.15) is 0 Å². The maximum Gasteiger partial charge on any atom is 0.163 e. The molecule has 0 radical (unpaired) electrons. The molecule has 0 amide bonds. The lowest BCUT2D eigenvalue weighted by molar-refractivity contribution is 0.107. The third-order valence-corrected chi connectivity index (χ3v) is 8.29. The summed E-state index contributed by atoms with van der Waals surface area (Å²) in [6, 6.07) is 0.821. The number of piperidine rings is 1. The van der Waals surface area contributed by atoms with E-state index in [-0.39, 0.29) is 23.8 Å². The van der Waals surface area contributed by atoms with E-state index in [1.165, 1.54) is 12.5 Å². The van der Waals surface area contributed by atoms with Crippen molar-refractivity contribution in [3.05, 3.63) is 0 Å². The summed E-state index contributed by atoms with van der Waals surface area (Å²) in [4.78, 5) is 7.38. The Hall–Kier alpha value is -0.860. The molecule has 3 rings (SSSR count). The third-order valence-electron chi connectivity index (χ3n) is 6.90. The predicted octanol–water partition coefficient (Wildman–Crippen LogP) is 1.90. The second kappa shape index (κ2) is 7.87. The Balaban J connectivity index is 1.68.